The number of esters is 1. The van der Waals surface area contributed by atoms with Crippen LogP contribution in [0.3, 0.4) is 0 Å². The number of ketones is 1. The molecule has 0 saturated carbocycles. The average Bonchev–Trinajstić information content (AvgIpc) is 3.42. The van der Waals surface area contributed by atoms with Gasteiger partial charge in [0, 0.05) is 23.9 Å². The molecular weight excluding hydrogens is 546 g/mol. The number of para-hydroxylation sites is 2. The second-order valence-corrected chi connectivity index (χ2v) is 11.9. The Labute approximate surface area is 256 Å². The van der Waals surface area contributed by atoms with Crippen LogP contribution in [0.5, 0.6) is 5.88 Å². The Morgan fingerprint density at radius 3 is 1.86 bits per heavy atom. The van der Waals surface area contributed by atoms with Crippen LogP contribution >= 0.6 is 11.3 Å². The Hall–Kier alpha value is -3.65. The molecule has 7 nitrogen and oxygen atoms in total. The lowest BCUT2D eigenvalue weighted by molar-refractivity contribution is -0.158. The van der Waals surface area contributed by atoms with Crippen LogP contribution in [0, 0.1) is 11.8 Å². The van der Waals surface area contributed by atoms with E-state index in [1.54, 1.807) is 35.9 Å². The molecule has 0 N–H and O–H groups in total. The summed E-state index contributed by atoms with van der Waals surface area (Å²) in [6.07, 6.45) is 3.34. The lowest BCUT2D eigenvalue weighted by atomic mass is 10.0. The van der Waals surface area contributed by atoms with Crippen LogP contribution in [0.25, 0.3) is 21.6 Å². The number of ether oxygens (including phenoxy) is 2. The summed E-state index contributed by atoms with van der Waals surface area (Å²) in [6, 6.07) is 15.5. The molecule has 0 saturated heterocycles. The monoisotopic (exact) mass is 595 g/mol. The minimum Gasteiger partial charge on any atom is -0.473 e. The van der Waals surface area contributed by atoms with Gasteiger partial charge in [-0.1, -0.05) is 60.7 Å². The van der Waals surface area contributed by atoms with Gasteiger partial charge in [0.2, 0.25) is 5.88 Å². The van der Waals surface area contributed by atoms with Crippen LogP contribution in [-0.4, -0.2) is 38.4 Å². The summed E-state index contributed by atoms with van der Waals surface area (Å²) in [5.41, 5.74) is 2.92. The maximum atomic E-state index is 11.3. The highest BCUT2D eigenvalue weighted by molar-refractivity contribution is 7.13. The largest absolute Gasteiger partial charge is 0.473 e. The van der Waals surface area contributed by atoms with Crippen LogP contribution in [-0.2, 0) is 9.53 Å². The number of Topliss-reactive ketones (excluding diaryl/α,β-unsaturated/α-hetero) is 1. The van der Waals surface area contributed by atoms with Crippen LogP contribution in [0.1, 0.15) is 87.5 Å². The lowest BCUT2D eigenvalue weighted by Crippen LogP contribution is -2.26. The third-order valence-electron chi connectivity index (χ3n) is 4.99. The molecular formula is C34H49N3O4S. The molecule has 3 heterocycles. The predicted octanol–water partition coefficient (Wildman–Crippen LogP) is 9.32. The third-order valence-corrected chi connectivity index (χ3v) is 5.87. The first kappa shape index (κ1) is 38.4. The van der Waals surface area contributed by atoms with Gasteiger partial charge in [0.25, 0.3) is 0 Å². The van der Waals surface area contributed by atoms with E-state index in [4.69, 9.17) is 14.5 Å². The summed E-state index contributed by atoms with van der Waals surface area (Å²) in [5.74, 6) is 0.653. The molecule has 0 atom stereocenters. The Bertz CT molecular complexity index is 1350. The standard InChI is InChI=1S/C15H14N2OS.C9H11NO.C8H16O2.2CH4/c1-10(2)18-15-14(13-8-5-9-19-13)16-11-6-3-4-7-12(11)17-15;1-7(2)9(11)8-4-3-5-10-6-8;1-6(2)7(9)10-8(3,4)5;;/h3-10H,1-2H3;3-7H,1-2H3;6H,1-5H3;2*1H4. The first-order valence-electron chi connectivity index (χ1n) is 13.4. The second kappa shape index (κ2) is 18.0. The van der Waals surface area contributed by atoms with Gasteiger partial charge in [0.05, 0.1) is 27.9 Å². The minimum absolute atomic E-state index is 0. The Kier molecular flexibility index (Phi) is 16.4. The van der Waals surface area contributed by atoms with Crippen molar-refractivity contribution in [2.45, 2.75) is 88.9 Å². The molecule has 0 amide bonds. The molecule has 8 heteroatoms. The smallest absolute Gasteiger partial charge is 0.308 e. The predicted molar refractivity (Wildman–Crippen MR) is 176 cm³/mol. The number of nitrogens with zero attached hydrogens (tertiary/aromatic N) is 3. The Balaban J connectivity index is 0.000000635. The van der Waals surface area contributed by atoms with Crippen LogP contribution < -0.4 is 4.74 Å². The number of benzene rings is 1. The lowest BCUT2D eigenvalue weighted by Gasteiger charge is -2.20. The van der Waals surface area contributed by atoms with E-state index in [0.29, 0.717) is 11.4 Å². The van der Waals surface area contributed by atoms with Gasteiger partial charge < -0.3 is 9.47 Å². The molecule has 230 valence electrons. The highest BCUT2D eigenvalue weighted by Gasteiger charge is 2.18. The average molecular weight is 596 g/mol. The molecule has 3 aromatic heterocycles. The first-order chi connectivity index (χ1) is 18.8. The second-order valence-electron chi connectivity index (χ2n) is 11.0. The number of rotatable bonds is 6. The molecule has 0 aliphatic heterocycles. The topological polar surface area (TPSA) is 91.3 Å². The number of thiophene rings is 1. The van der Waals surface area contributed by atoms with E-state index in [1.165, 1.54) is 0 Å². The normalized spacial score (nSPS) is 10.5. The summed E-state index contributed by atoms with van der Waals surface area (Å²) in [4.78, 5) is 36.5. The fraction of sp³-hybridized carbons (Fsp3) is 0.441. The van der Waals surface area contributed by atoms with Gasteiger partial charge in [0.1, 0.15) is 11.3 Å². The molecule has 0 bridgehead atoms. The Morgan fingerprint density at radius 1 is 0.810 bits per heavy atom. The van der Waals surface area contributed by atoms with Crippen molar-refractivity contribution in [3.63, 3.8) is 0 Å². The molecule has 0 aliphatic rings. The van der Waals surface area contributed by atoms with E-state index in [9.17, 15) is 9.59 Å². The number of pyridine rings is 1. The van der Waals surface area contributed by atoms with Gasteiger partial charge in [0.15, 0.2) is 5.78 Å². The van der Waals surface area contributed by atoms with Gasteiger partial charge in [-0.05, 0) is 70.3 Å². The minimum atomic E-state index is -0.346. The third kappa shape index (κ3) is 12.9. The van der Waals surface area contributed by atoms with Crippen LogP contribution in [0.2, 0.25) is 0 Å². The fourth-order valence-electron chi connectivity index (χ4n) is 3.12. The van der Waals surface area contributed by atoms with Gasteiger partial charge in [-0.25, -0.2) is 9.97 Å². The SMILES string of the molecule is C.C.CC(C)C(=O)OC(C)(C)C.CC(C)C(=O)c1cccnc1.CC(C)Oc1nc2ccccc2nc1-c1cccs1. The van der Waals surface area contributed by atoms with Crippen molar-refractivity contribution in [1.82, 2.24) is 15.0 Å². The van der Waals surface area contributed by atoms with Gasteiger partial charge >= 0.3 is 5.97 Å². The van der Waals surface area contributed by atoms with E-state index in [0.717, 1.165) is 21.6 Å². The van der Waals surface area contributed by atoms with Crippen LogP contribution in [0.15, 0.2) is 66.3 Å². The van der Waals surface area contributed by atoms with Crippen molar-refractivity contribution in [3.8, 4) is 16.5 Å². The molecule has 0 radical (unpaired) electrons. The Morgan fingerprint density at radius 2 is 1.43 bits per heavy atom. The summed E-state index contributed by atoms with van der Waals surface area (Å²) in [6.45, 7) is 17.0. The van der Waals surface area contributed by atoms with E-state index in [1.807, 2.05) is 104 Å². The van der Waals surface area contributed by atoms with Gasteiger partial charge in [-0.2, -0.15) is 0 Å². The summed E-state index contributed by atoms with van der Waals surface area (Å²) >= 11 is 1.64. The molecule has 4 rings (SSSR count). The van der Waals surface area contributed by atoms with Crippen LogP contribution in [0.4, 0.5) is 0 Å². The van der Waals surface area contributed by atoms with Crippen molar-refractivity contribution in [3.05, 3.63) is 71.9 Å². The first-order valence-corrected chi connectivity index (χ1v) is 14.3. The number of aromatic nitrogens is 3. The van der Waals surface area contributed by atoms with Gasteiger partial charge in [-0.3, -0.25) is 14.6 Å². The zero-order valence-corrected chi connectivity index (χ0v) is 25.8. The maximum absolute atomic E-state index is 11.3. The highest BCUT2D eigenvalue weighted by atomic mass is 32.1. The van der Waals surface area contributed by atoms with Crippen molar-refractivity contribution in [2.75, 3.05) is 0 Å². The van der Waals surface area contributed by atoms with E-state index in [-0.39, 0.29) is 50.1 Å². The zero-order chi connectivity index (χ0) is 29.9. The van der Waals surface area contributed by atoms with E-state index < -0.39 is 0 Å². The van der Waals surface area contributed by atoms with Crippen molar-refractivity contribution < 1.29 is 19.1 Å². The zero-order valence-electron chi connectivity index (χ0n) is 25.0. The van der Waals surface area contributed by atoms with Crippen molar-refractivity contribution in [1.29, 1.82) is 0 Å². The number of carbonyl (C=O) groups excluding carboxylic acids is 2. The molecule has 0 spiro atoms. The van der Waals surface area contributed by atoms with E-state index in [2.05, 4.69) is 9.97 Å². The number of hydrogen-bond acceptors (Lipinski definition) is 8. The molecule has 42 heavy (non-hydrogen) atoms. The molecule has 0 fully saturated rings. The highest BCUT2D eigenvalue weighted by Crippen LogP contribution is 2.32. The number of hydrogen-bond donors (Lipinski definition) is 0. The number of fused-ring (bicyclic) bond motifs is 1. The van der Waals surface area contributed by atoms with E-state index >= 15 is 0 Å². The fourth-order valence-corrected chi connectivity index (χ4v) is 3.83. The molecule has 0 aliphatic carbocycles. The summed E-state index contributed by atoms with van der Waals surface area (Å²) in [5, 5.41) is 2.03. The van der Waals surface area contributed by atoms with Crippen molar-refractivity contribution >= 4 is 34.1 Å². The van der Waals surface area contributed by atoms with Crippen molar-refractivity contribution in [2.24, 2.45) is 11.8 Å². The summed E-state index contributed by atoms with van der Waals surface area (Å²) < 4.78 is 10.9. The molecule has 0 unspecified atom stereocenters. The maximum Gasteiger partial charge on any atom is 0.308 e. The van der Waals surface area contributed by atoms with Gasteiger partial charge in [-0.15, -0.1) is 11.3 Å². The molecule has 4 aromatic rings. The quantitative estimate of drug-likeness (QED) is 0.162. The summed E-state index contributed by atoms with van der Waals surface area (Å²) in [7, 11) is 0. The number of carbonyl (C=O) groups is 2. The molecule has 1 aromatic carbocycles.